The number of rotatable bonds is 4. The molecular formula is C16H18N4O. The number of methoxy groups -OCH3 is 1. The van der Waals surface area contributed by atoms with Crippen molar-refractivity contribution in [2.75, 3.05) is 7.11 Å². The lowest BCUT2D eigenvalue weighted by atomic mass is 9.90. The van der Waals surface area contributed by atoms with Gasteiger partial charge in [0.1, 0.15) is 5.75 Å². The smallest absolute Gasteiger partial charge is 0.119 e. The van der Waals surface area contributed by atoms with Crippen LogP contribution in [-0.4, -0.2) is 17.7 Å². The Bertz CT molecular complexity index is 713. The van der Waals surface area contributed by atoms with Gasteiger partial charge in [0.05, 0.1) is 18.8 Å². The Balaban J connectivity index is 2.05. The molecule has 0 N–H and O–H groups in total. The van der Waals surface area contributed by atoms with Gasteiger partial charge >= 0.3 is 0 Å². The van der Waals surface area contributed by atoms with Crippen LogP contribution in [-0.2, 0) is 19.4 Å². The van der Waals surface area contributed by atoms with Crippen LogP contribution < -0.4 is 4.74 Å². The number of benzene rings is 1. The third-order valence-corrected chi connectivity index (χ3v) is 3.99. The van der Waals surface area contributed by atoms with E-state index in [0.29, 0.717) is 6.54 Å². The second-order valence-electron chi connectivity index (χ2n) is 5.42. The van der Waals surface area contributed by atoms with Crippen LogP contribution >= 0.6 is 0 Å². The molecule has 1 heterocycles. The molecule has 3 rings (SSSR count). The number of ether oxygens (including phenoxy) is 1. The van der Waals surface area contributed by atoms with Gasteiger partial charge in [0.25, 0.3) is 0 Å². The highest BCUT2D eigenvalue weighted by Gasteiger charge is 2.21. The predicted molar refractivity (Wildman–Crippen MR) is 82.4 cm³/mol. The number of azide groups is 1. The molecule has 5 heteroatoms. The summed E-state index contributed by atoms with van der Waals surface area (Å²) in [6.07, 6.45) is 4.20. The second-order valence-corrected chi connectivity index (χ2v) is 5.42. The molecule has 0 amide bonds. The van der Waals surface area contributed by atoms with Crippen LogP contribution in [0.15, 0.2) is 35.6 Å². The molecule has 0 bridgehead atoms. The van der Waals surface area contributed by atoms with Crippen molar-refractivity contribution >= 4 is 0 Å². The van der Waals surface area contributed by atoms with Gasteiger partial charge in [-0.25, -0.2) is 0 Å². The number of fused-ring (bicyclic) bond motifs is 3. The maximum atomic E-state index is 8.56. The van der Waals surface area contributed by atoms with Crippen LogP contribution in [0.1, 0.15) is 18.1 Å². The van der Waals surface area contributed by atoms with Gasteiger partial charge in [-0.3, -0.25) is 0 Å². The number of hydrogen-bond acceptors (Lipinski definition) is 2. The minimum absolute atomic E-state index is 0.0671. The van der Waals surface area contributed by atoms with E-state index in [4.69, 9.17) is 10.3 Å². The zero-order valence-electron chi connectivity index (χ0n) is 12.3. The van der Waals surface area contributed by atoms with Gasteiger partial charge < -0.3 is 9.30 Å². The van der Waals surface area contributed by atoms with Crippen LogP contribution in [0.25, 0.3) is 21.7 Å². The quantitative estimate of drug-likeness (QED) is 0.475. The van der Waals surface area contributed by atoms with Crippen molar-refractivity contribution in [3.63, 3.8) is 0 Å². The Kier molecular flexibility index (Phi) is 3.59. The molecule has 0 fully saturated rings. The predicted octanol–water partition coefficient (Wildman–Crippen LogP) is 3.96. The van der Waals surface area contributed by atoms with Crippen LogP contribution in [0, 0.1) is 0 Å². The summed E-state index contributed by atoms with van der Waals surface area (Å²) in [6, 6.07) is 8.36. The highest BCUT2D eigenvalue weighted by molar-refractivity contribution is 5.72. The summed E-state index contributed by atoms with van der Waals surface area (Å²) >= 11 is 0. The van der Waals surface area contributed by atoms with Crippen LogP contribution in [0.5, 0.6) is 5.75 Å². The molecule has 0 saturated heterocycles. The summed E-state index contributed by atoms with van der Waals surface area (Å²) in [4.78, 5) is 2.89. The molecule has 2 aromatic rings. The van der Waals surface area contributed by atoms with Gasteiger partial charge in [-0.05, 0) is 47.7 Å². The van der Waals surface area contributed by atoms with E-state index >= 15 is 0 Å². The summed E-state index contributed by atoms with van der Waals surface area (Å²) in [7, 11) is 1.69. The van der Waals surface area contributed by atoms with Gasteiger partial charge in [-0.15, -0.1) is 0 Å². The van der Waals surface area contributed by atoms with Crippen molar-refractivity contribution in [1.82, 2.24) is 4.57 Å². The number of aryl methyl sites for hydroxylation is 2. The Hall–Kier alpha value is -2.39. The summed E-state index contributed by atoms with van der Waals surface area (Å²) < 4.78 is 7.54. The minimum atomic E-state index is -0.0671. The summed E-state index contributed by atoms with van der Waals surface area (Å²) in [5, 5.41) is 3.77. The largest absolute Gasteiger partial charge is 0.497 e. The molecule has 108 valence electrons. The van der Waals surface area contributed by atoms with Crippen molar-refractivity contribution < 1.29 is 4.74 Å². The lowest BCUT2D eigenvalue weighted by Gasteiger charge is -2.21. The third-order valence-electron chi connectivity index (χ3n) is 3.99. The molecule has 0 radical (unpaired) electrons. The molecule has 21 heavy (non-hydrogen) atoms. The standard InChI is InChI=1S/C16H18N4O/c1-11(18-19-17)10-20-8-7-13-4-3-12-5-6-14(21-2)9-15(12)16(13)20/h5-9,11H,3-4,10H2,1-2H3/t11-/m0/s1. The molecule has 1 atom stereocenters. The first-order chi connectivity index (χ1) is 10.2. The monoisotopic (exact) mass is 282 g/mol. The summed E-state index contributed by atoms with van der Waals surface area (Å²) in [6.45, 7) is 2.62. The fourth-order valence-electron chi connectivity index (χ4n) is 3.00. The average Bonchev–Trinajstić information content (AvgIpc) is 2.90. The third kappa shape index (κ3) is 2.48. The lowest BCUT2D eigenvalue weighted by Crippen LogP contribution is -2.13. The van der Waals surface area contributed by atoms with Gasteiger partial charge in [-0.2, -0.15) is 0 Å². The zero-order valence-corrected chi connectivity index (χ0v) is 12.3. The first-order valence-electron chi connectivity index (χ1n) is 7.12. The average molecular weight is 282 g/mol. The molecule has 1 aliphatic rings. The minimum Gasteiger partial charge on any atom is -0.497 e. The van der Waals surface area contributed by atoms with Gasteiger partial charge in [0, 0.05) is 23.2 Å². The Morgan fingerprint density at radius 1 is 1.33 bits per heavy atom. The molecule has 1 aromatic carbocycles. The van der Waals surface area contributed by atoms with Crippen molar-refractivity contribution in [1.29, 1.82) is 0 Å². The van der Waals surface area contributed by atoms with Gasteiger partial charge in [0.2, 0.25) is 0 Å². The highest BCUT2D eigenvalue weighted by atomic mass is 16.5. The molecule has 1 aromatic heterocycles. The molecule has 5 nitrogen and oxygen atoms in total. The maximum absolute atomic E-state index is 8.56. The van der Waals surface area contributed by atoms with Crippen molar-refractivity contribution in [3.8, 4) is 17.0 Å². The Labute approximate surface area is 123 Å². The topological polar surface area (TPSA) is 62.9 Å². The Morgan fingerprint density at radius 3 is 2.90 bits per heavy atom. The van der Waals surface area contributed by atoms with E-state index in [1.165, 1.54) is 22.4 Å². The van der Waals surface area contributed by atoms with E-state index in [1.807, 2.05) is 13.0 Å². The molecule has 0 saturated carbocycles. The van der Waals surface area contributed by atoms with Crippen molar-refractivity contribution in [3.05, 3.63) is 52.0 Å². The van der Waals surface area contributed by atoms with E-state index < -0.39 is 0 Å². The SMILES string of the molecule is COc1ccc2c(c1)-c1c(ccn1C[C@H](C)N=[N+]=[N-])CC2. The first kappa shape index (κ1) is 13.6. The summed E-state index contributed by atoms with van der Waals surface area (Å²) in [5.74, 6) is 0.873. The molecule has 0 spiro atoms. The second kappa shape index (κ2) is 5.54. The Morgan fingerprint density at radius 2 is 2.14 bits per heavy atom. The van der Waals surface area contributed by atoms with E-state index in [1.54, 1.807) is 7.11 Å². The molecular weight excluding hydrogens is 264 g/mol. The van der Waals surface area contributed by atoms with Gasteiger partial charge in [-0.1, -0.05) is 18.1 Å². The van der Waals surface area contributed by atoms with E-state index in [-0.39, 0.29) is 6.04 Å². The highest BCUT2D eigenvalue weighted by Crippen LogP contribution is 2.36. The van der Waals surface area contributed by atoms with Crippen molar-refractivity contribution in [2.24, 2.45) is 5.11 Å². The zero-order chi connectivity index (χ0) is 14.8. The maximum Gasteiger partial charge on any atom is 0.119 e. The number of aromatic nitrogens is 1. The van der Waals surface area contributed by atoms with Crippen molar-refractivity contribution in [2.45, 2.75) is 32.4 Å². The summed E-state index contributed by atoms with van der Waals surface area (Å²) in [5.41, 5.74) is 13.7. The molecule has 0 unspecified atom stereocenters. The van der Waals surface area contributed by atoms with E-state index in [2.05, 4.69) is 39.0 Å². The van der Waals surface area contributed by atoms with E-state index in [9.17, 15) is 0 Å². The normalized spacial score (nSPS) is 13.8. The van der Waals surface area contributed by atoms with Crippen LogP contribution in [0.2, 0.25) is 0 Å². The number of nitrogens with zero attached hydrogens (tertiary/aromatic N) is 4. The van der Waals surface area contributed by atoms with Crippen LogP contribution in [0.4, 0.5) is 0 Å². The van der Waals surface area contributed by atoms with E-state index in [0.717, 1.165) is 18.6 Å². The molecule has 0 aliphatic heterocycles. The lowest BCUT2D eigenvalue weighted by molar-refractivity contribution is 0.414. The fraction of sp³-hybridized carbons (Fsp3) is 0.375. The number of hydrogen-bond donors (Lipinski definition) is 0. The van der Waals surface area contributed by atoms with Crippen LogP contribution in [0.3, 0.4) is 0 Å². The first-order valence-corrected chi connectivity index (χ1v) is 7.12. The van der Waals surface area contributed by atoms with Gasteiger partial charge in [0.15, 0.2) is 0 Å². The molecule has 1 aliphatic carbocycles. The fourth-order valence-corrected chi connectivity index (χ4v) is 3.00.